The summed E-state index contributed by atoms with van der Waals surface area (Å²) in [6.07, 6.45) is 6.20. The van der Waals surface area contributed by atoms with Gasteiger partial charge in [0.15, 0.2) is 5.65 Å². The number of nitrogens with zero attached hydrogens (tertiary/aromatic N) is 7. The standard InChI is InChI=1S/C30H32N8O2S/c39-29(37-16-21-4-3-20-14-31-30(20,21)37)19-12-25(33-27(13-19)36-9-7-35(8-10-36)22-17-40-18-22)23-15-32-38-6-5-24(34-28(23)38)26-2-1-11-41-26/h1-2,5-6,11-13,15,20-22,31H,3-4,7-10,14,16-18H2. The SMILES string of the molecule is O=C(c1cc(-c2cnn3ccc(-c4cccs4)nc23)nc(N2CCN(C3COC3)CC2)c1)N1CC2CCC3CNC321. The van der Waals surface area contributed by atoms with E-state index in [0.29, 0.717) is 23.4 Å². The van der Waals surface area contributed by atoms with E-state index < -0.39 is 0 Å². The van der Waals surface area contributed by atoms with Gasteiger partial charge >= 0.3 is 0 Å². The van der Waals surface area contributed by atoms with Gasteiger partial charge in [-0.3, -0.25) is 15.0 Å². The van der Waals surface area contributed by atoms with Crippen LogP contribution in [0, 0.1) is 11.8 Å². The number of nitrogens with one attached hydrogen (secondary N) is 1. The van der Waals surface area contributed by atoms with Crippen LogP contribution in [0.1, 0.15) is 23.2 Å². The van der Waals surface area contributed by atoms with Crippen molar-refractivity contribution in [1.29, 1.82) is 0 Å². The molecule has 4 aromatic rings. The van der Waals surface area contributed by atoms with E-state index in [4.69, 9.17) is 14.7 Å². The Bertz CT molecular complexity index is 1640. The summed E-state index contributed by atoms with van der Waals surface area (Å²) in [6, 6.07) is 10.6. The summed E-state index contributed by atoms with van der Waals surface area (Å²) >= 11 is 1.67. The zero-order valence-electron chi connectivity index (χ0n) is 22.8. The maximum Gasteiger partial charge on any atom is 0.255 e. The first-order valence-corrected chi connectivity index (χ1v) is 15.6. The number of piperazine rings is 1. The maximum atomic E-state index is 14.2. The number of hydrogen-bond acceptors (Lipinski definition) is 9. The molecular weight excluding hydrogens is 536 g/mol. The topological polar surface area (TPSA) is 91.1 Å². The van der Waals surface area contributed by atoms with Crippen LogP contribution in [0.4, 0.5) is 5.82 Å². The second kappa shape index (κ2) is 9.06. The summed E-state index contributed by atoms with van der Waals surface area (Å²) in [7, 11) is 0. The van der Waals surface area contributed by atoms with Crippen molar-refractivity contribution in [2.45, 2.75) is 24.5 Å². The van der Waals surface area contributed by atoms with Crippen molar-refractivity contribution in [1.82, 2.24) is 34.7 Å². The van der Waals surface area contributed by atoms with E-state index in [0.717, 1.165) is 85.8 Å². The van der Waals surface area contributed by atoms with E-state index in [2.05, 4.69) is 36.6 Å². The molecule has 4 aliphatic heterocycles. The highest BCUT2D eigenvalue weighted by Crippen LogP contribution is 2.55. The quantitative estimate of drug-likeness (QED) is 0.393. The highest BCUT2D eigenvalue weighted by atomic mass is 32.1. The molecule has 8 heterocycles. The van der Waals surface area contributed by atoms with Crippen LogP contribution in [0.15, 0.2) is 48.1 Å². The molecular formula is C30H32N8O2S. The number of likely N-dealkylation sites (tertiary alicyclic amines) is 1. The van der Waals surface area contributed by atoms with Gasteiger partial charge in [-0.25, -0.2) is 14.5 Å². The fourth-order valence-electron chi connectivity index (χ4n) is 7.61. The van der Waals surface area contributed by atoms with Crippen molar-refractivity contribution < 1.29 is 9.53 Å². The molecule has 1 spiro atoms. The third-order valence-electron chi connectivity index (χ3n) is 10.1. The minimum atomic E-state index is -0.126. The van der Waals surface area contributed by atoms with Gasteiger partial charge in [-0.15, -0.1) is 11.3 Å². The predicted molar refractivity (Wildman–Crippen MR) is 156 cm³/mol. The largest absolute Gasteiger partial charge is 0.378 e. The second-order valence-corrected chi connectivity index (χ2v) is 13.0. The molecule has 9 rings (SSSR count). The Morgan fingerprint density at radius 3 is 2.66 bits per heavy atom. The molecule has 5 aliphatic rings. The summed E-state index contributed by atoms with van der Waals surface area (Å²) in [5, 5.41) is 10.3. The van der Waals surface area contributed by atoms with Crippen LogP contribution in [-0.2, 0) is 4.74 Å². The van der Waals surface area contributed by atoms with E-state index >= 15 is 0 Å². The van der Waals surface area contributed by atoms with Crippen molar-refractivity contribution in [3.8, 4) is 21.8 Å². The van der Waals surface area contributed by atoms with E-state index in [1.54, 1.807) is 15.9 Å². The molecule has 0 aromatic carbocycles. The molecule has 0 radical (unpaired) electrons. The molecule has 1 amide bonds. The van der Waals surface area contributed by atoms with Crippen LogP contribution < -0.4 is 10.2 Å². The van der Waals surface area contributed by atoms with Crippen molar-refractivity contribution in [2.24, 2.45) is 11.8 Å². The zero-order valence-corrected chi connectivity index (χ0v) is 23.6. The number of anilines is 1. The lowest BCUT2D eigenvalue weighted by molar-refractivity contribution is -0.129. The molecule has 11 heteroatoms. The van der Waals surface area contributed by atoms with Crippen molar-refractivity contribution in [3.05, 3.63) is 53.7 Å². The van der Waals surface area contributed by atoms with E-state index in [-0.39, 0.29) is 11.6 Å². The first-order valence-electron chi connectivity index (χ1n) is 14.7. The van der Waals surface area contributed by atoms with Crippen molar-refractivity contribution >= 4 is 28.7 Å². The van der Waals surface area contributed by atoms with Gasteiger partial charge in [-0.2, -0.15) is 5.10 Å². The molecule has 1 saturated carbocycles. The molecule has 10 nitrogen and oxygen atoms in total. The number of rotatable bonds is 5. The van der Waals surface area contributed by atoms with Gasteiger partial charge < -0.3 is 14.5 Å². The molecule has 3 atom stereocenters. The van der Waals surface area contributed by atoms with E-state index in [1.165, 1.54) is 12.8 Å². The van der Waals surface area contributed by atoms with E-state index in [9.17, 15) is 4.79 Å². The lowest BCUT2D eigenvalue weighted by Gasteiger charge is -2.64. The highest BCUT2D eigenvalue weighted by molar-refractivity contribution is 7.13. The van der Waals surface area contributed by atoms with Gasteiger partial charge in [0.25, 0.3) is 5.91 Å². The number of pyridine rings is 1. The van der Waals surface area contributed by atoms with Crippen LogP contribution in [0.5, 0.6) is 0 Å². The van der Waals surface area contributed by atoms with Crippen molar-refractivity contribution in [2.75, 3.05) is 57.4 Å². The van der Waals surface area contributed by atoms with Crippen LogP contribution in [0.2, 0.25) is 0 Å². The van der Waals surface area contributed by atoms with Gasteiger partial charge in [0.1, 0.15) is 11.5 Å². The molecule has 0 bridgehead atoms. The number of carbonyl (C=O) groups excluding carboxylic acids is 1. The number of ether oxygens (including phenoxy) is 1. The fourth-order valence-corrected chi connectivity index (χ4v) is 8.31. The molecule has 4 aromatic heterocycles. The number of thiophene rings is 1. The Balaban J connectivity index is 1.10. The monoisotopic (exact) mass is 568 g/mol. The maximum absolute atomic E-state index is 14.2. The molecule has 5 fully saturated rings. The average molecular weight is 569 g/mol. The van der Waals surface area contributed by atoms with Crippen LogP contribution in [0.25, 0.3) is 27.5 Å². The Labute approximate surface area is 241 Å². The molecule has 41 heavy (non-hydrogen) atoms. The van der Waals surface area contributed by atoms with Gasteiger partial charge in [-0.1, -0.05) is 6.07 Å². The lowest BCUT2D eigenvalue weighted by atomic mass is 9.73. The first-order chi connectivity index (χ1) is 20.2. The van der Waals surface area contributed by atoms with Gasteiger partial charge in [-0.05, 0) is 42.5 Å². The summed E-state index contributed by atoms with van der Waals surface area (Å²) in [5.41, 5.74) is 3.80. The molecule has 4 saturated heterocycles. The smallest absolute Gasteiger partial charge is 0.255 e. The summed E-state index contributed by atoms with van der Waals surface area (Å²) in [6.45, 7) is 7.18. The average Bonchev–Trinajstić information content (AvgIpc) is 3.66. The Kier molecular flexibility index (Phi) is 5.36. The number of fused-ring (bicyclic) bond motifs is 1. The number of aromatic nitrogens is 4. The first kappa shape index (κ1) is 24.2. The number of carbonyl (C=O) groups is 1. The highest BCUT2D eigenvalue weighted by Gasteiger charge is 2.67. The normalized spacial score (nSPS) is 27.7. The minimum Gasteiger partial charge on any atom is -0.378 e. The minimum absolute atomic E-state index is 0.0965. The molecule has 3 unspecified atom stereocenters. The number of hydrogen-bond donors (Lipinski definition) is 1. The van der Waals surface area contributed by atoms with Crippen LogP contribution in [0.3, 0.4) is 0 Å². The number of amides is 1. The molecule has 210 valence electrons. The van der Waals surface area contributed by atoms with Gasteiger partial charge in [0, 0.05) is 62.9 Å². The Morgan fingerprint density at radius 1 is 1.05 bits per heavy atom. The molecule has 1 N–H and O–H groups in total. The Hall–Kier alpha value is -3.38. The fraction of sp³-hybridized carbons (Fsp3) is 0.467. The van der Waals surface area contributed by atoms with E-state index in [1.807, 2.05) is 36.7 Å². The lowest BCUT2D eigenvalue weighted by Crippen LogP contribution is -2.83. The van der Waals surface area contributed by atoms with Crippen molar-refractivity contribution in [3.63, 3.8) is 0 Å². The molecule has 1 aliphatic carbocycles. The Morgan fingerprint density at radius 2 is 1.93 bits per heavy atom. The van der Waals surface area contributed by atoms with Crippen LogP contribution >= 0.6 is 11.3 Å². The summed E-state index contributed by atoms with van der Waals surface area (Å²) in [5.74, 6) is 2.10. The van der Waals surface area contributed by atoms with Gasteiger partial charge in [0.2, 0.25) is 0 Å². The predicted octanol–water partition coefficient (Wildman–Crippen LogP) is 2.82. The summed E-state index contributed by atoms with van der Waals surface area (Å²) < 4.78 is 7.22. The van der Waals surface area contributed by atoms with Crippen LogP contribution in [-0.4, -0.2) is 99.5 Å². The van der Waals surface area contributed by atoms with Gasteiger partial charge in [0.05, 0.1) is 47.3 Å². The second-order valence-electron chi connectivity index (χ2n) is 12.0. The summed E-state index contributed by atoms with van der Waals surface area (Å²) in [4.78, 5) is 32.3. The zero-order chi connectivity index (χ0) is 27.1. The third kappa shape index (κ3) is 3.59. The third-order valence-corrected chi connectivity index (χ3v) is 11.0.